The molecule has 4 rings (SSSR count). The molecule has 2 saturated heterocycles. The summed E-state index contributed by atoms with van der Waals surface area (Å²) in [5, 5.41) is 3.60. The molecule has 0 radical (unpaired) electrons. The third-order valence-electron chi connectivity index (χ3n) is 4.78. The molecule has 1 amide bonds. The number of aromatic nitrogens is 2. The molecule has 0 aromatic carbocycles. The number of aliphatic imine (C=N–C) groups is 1. The predicted octanol–water partition coefficient (Wildman–Crippen LogP) is 2.21. The Bertz CT molecular complexity index is 707. The fourth-order valence-electron chi connectivity index (χ4n) is 3.35. The molecule has 1 aromatic heterocycles. The third kappa shape index (κ3) is 4.24. The quantitative estimate of drug-likeness (QED) is 0.819. The Labute approximate surface area is 157 Å². The molecule has 0 atom stereocenters. The largest absolute Gasteiger partial charge is 0.378 e. The topological polar surface area (TPSA) is 79.7 Å². The average molecular weight is 373 g/mol. The summed E-state index contributed by atoms with van der Waals surface area (Å²) in [7, 11) is 0. The van der Waals surface area contributed by atoms with E-state index in [-0.39, 0.29) is 5.91 Å². The van der Waals surface area contributed by atoms with Gasteiger partial charge in [0, 0.05) is 31.0 Å². The first-order valence-corrected chi connectivity index (χ1v) is 10.0. The van der Waals surface area contributed by atoms with Crippen LogP contribution in [-0.2, 0) is 9.53 Å². The zero-order valence-electron chi connectivity index (χ0n) is 14.7. The van der Waals surface area contributed by atoms with Crippen molar-refractivity contribution in [3.05, 3.63) is 22.9 Å². The molecule has 2 aliphatic heterocycles. The number of nitrogens with zero attached hydrogens (tertiary/aromatic N) is 4. The molecule has 3 heterocycles. The molecule has 1 aromatic rings. The van der Waals surface area contributed by atoms with Gasteiger partial charge in [-0.05, 0) is 30.7 Å². The van der Waals surface area contributed by atoms with Crippen LogP contribution in [0.4, 0.5) is 5.95 Å². The van der Waals surface area contributed by atoms with Gasteiger partial charge in [0.05, 0.1) is 24.2 Å². The Morgan fingerprint density at radius 2 is 1.92 bits per heavy atom. The fourth-order valence-corrected chi connectivity index (χ4v) is 4.24. The van der Waals surface area contributed by atoms with E-state index in [1.54, 1.807) is 12.4 Å². The average Bonchev–Trinajstić information content (AvgIpc) is 3.03. The van der Waals surface area contributed by atoms with Gasteiger partial charge in [-0.15, -0.1) is 0 Å². The van der Waals surface area contributed by atoms with E-state index in [4.69, 9.17) is 9.73 Å². The van der Waals surface area contributed by atoms with Crippen molar-refractivity contribution in [2.24, 2.45) is 4.99 Å². The molecule has 0 unspecified atom stereocenters. The molecule has 1 N–H and O–H groups in total. The third-order valence-corrected chi connectivity index (χ3v) is 5.70. The fraction of sp³-hybridized carbons (Fsp3) is 0.556. The van der Waals surface area contributed by atoms with E-state index in [1.807, 2.05) is 6.08 Å². The molecule has 138 valence electrons. The van der Waals surface area contributed by atoms with Crippen LogP contribution < -0.4 is 10.2 Å². The minimum Gasteiger partial charge on any atom is -0.378 e. The monoisotopic (exact) mass is 373 g/mol. The number of ether oxygens (including phenoxy) is 1. The normalized spacial score (nSPS) is 25.1. The first-order chi connectivity index (χ1) is 12.8. The van der Waals surface area contributed by atoms with Gasteiger partial charge in [0.1, 0.15) is 0 Å². The molecule has 0 spiro atoms. The lowest BCUT2D eigenvalue weighted by molar-refractivity contribution is -0.115. The number of rotatable bonds is 3. The summed E-state index contributed by atoms with van der Waals surface area (Å²) in [5.74, 6) is 0.611. The summed E-state index contributed by atoms with van der Waals surface area (Å²) in [6.45, 7) is 3.02. The lowest BCUT2D eigenvalue weighted by Crippen LogP contribution is -2.37. The van der Waals surface area contributed by atoms with Gasteiger partial charge in [0.15, 0.2) is 5.17 Å². The van der Waals surface area contributed by atoms with Crippen molar-refractivity contribution in [2.75, 3.05) is 31.2 Å². The molecule has 26 heavy (non-hydrogen) atoms. The minimum atomic E-state index is -0.0955. The van der Waals surface area contributed by atoms with Crippen molar-refractivity contribution in [1.29, 1.82) is 0 Å². The van der Waals surface area contributed by atoms with Crippen LogP contribution in [0.1, 0.15) is 37.7 Å². The zero-order valence-corrected chi connectivity index (χ0v) is 15.5. The Hall–Kier alpha value is -1.93. The first kappa shape index (κ1) is 17.5. The van der Waals surface area contributed by atoms with Crippen molar-refractivity contribution >= 4 is 34.9 Å². The Kier molecular flexibility index (Phi) is 5.50. The standard InChI is InChI=1S/C18H23N5O2S/c24-16-15(26-18(22-16)21-14-4-2-1-3-5-14)10-13-11-19-17(20-12-13)23-6-8-25-9-7-23/h10-12,14H,1-9H2,(H,21,22,24)/b15-10-. The summed E-state index contributed by atoms with van der Waals surface area (Å²) in [4.78, 5) is 28.5. The zero-order chi connectivity index (χ0) is 17.8. The molecule has 1 aliphatic carbocycles. The predicted molar refractivity (Wildman–Crippen MR) is 103 cm³/mol. The van der Waals surface area contributed by atoms with Gasteiger partial charge in [-0.2, -0.15) is 0 Å². The summed E-state index contributed by atoms with van der Waals surface area (Å²) in [5.41, 5.74) is 0.818. The number of anilines is 1. The van der Waals surface area contributed by atoms with Crippen molar-refractivity contribution in [1.82, 2.24) is 15.3 Å². The van der Waals surface area contributed by atoms with Gasteiger partial charge < -0.3 is 15.0 Å². The highest BCUT2D eigenvalue weighted by Crippen LogP contribution is 2.28. The molecular formula is C18H23N5O2S. The van der Waals surface area contributed by atoms with Gasteiger partial charge in [-0.25, -0.2) is 9.97 Å². The number of carbonyl (C=O) groups excluding carboxylic acids is 1. The van der Waals surface area contributed by atoms with E-state index in [0.29, 0.717) is 30.1 Å². The number of nitrogens with one attached hydrogen (secondary N) is 1. The van der Waals surface area contributed by atoms with Crippen LogP contribution in [0.2, 0.25) is 0 Å². The van der Waals surface area contributed by atoms with Crippen LogP contribution in [0.25, 0.3) is 6.08 Å². The summed E-state index contributed by atoms with van der Waals surface area (Å²) >= 11 is 1.41. The van der Waals surface area contributed by atoms with Crippen molar-refractivity contribution in [3.8, 4) is 0 Å². The molecule has 8 heteroatoms. The smallest absolute Gasteiger partial charge is 0.264 e. The maximum atomic E-state index is 12.2. The SMILES string of the molecule is O=C1NC(=NC2CCCCC2)S/C1=C\c1cnc(N2CCOCC2)nc1. The van der Waals surface area contributed by atoms with E-state index in [1.165, 1.54) is 31.0 Å². The molecule has 7 nitrogen and oxygen atoms in total. The number of carbonyl (C=O) groups is 1. The molecular weight excluding hydrogens is 350 g/mol. The highest BCUT2D eigenvalue weighted by Gasteiger charge is 2.25. The van der Waals surface area contributed by atoms with Gasteiger partial charge in [0.2, 0.25) is 5.95 Å². The van der Waals surface area contributed by atoms with Crippen molar-refractivity contribution < 1.29 is 9.53 Å². The van der Waals surface area contributed by atoms with Gasteiger partial charge >= 0.3 is 0 Å². The van der Waals surface area contributed by atoms with E-state index >= 15 is 0 Å². The van der Waals surface area contributed by atoms with E-state index in [9.17, 15) is 4.79 Å². The van der Waals surface area contributed by atoms with Crippen LogP contribution in [0.3, 0.4) is 0 Å². The maximum Gasteiger partial charge on any atom is 0.264 e. The number of amides is 1. The molecule has 1 saturated carbocycles. The molecule has 3 aliphatic rings. The van der Waals surface area contributed by atoms with E-state index in [0.717, 1.165) is 36.7 Å². The highest BCUT2D eigenvalue weighted by atomic mass is 32.2. The highest BCUT2D eigenvalue weighted by molar-refractivity contribution is 8.18. The maximum absolute atomic E-state index is 12.2. The number of thioether (sulfide) groups is 1. The summed E-state index contributed by atoms with van der Waals surface area (Å²) in [6, 6.07) is 0.349. The van der Waals surface area contributed by atoms with E-state index in [2.05, 4.69) is 20.2 Å². The lowest BCUT2D eigenvalue weighted by atomic mass is 9.96. The van der Waals surface area contributed by atoms with Gasteiger partial charge in [-0.1, -0.05) is 19.3 Å². The summed E-state index contributed by atoms with van der Waals surface area (Å²) in [6.07, 6.45) is 11.3. The van der Waals surface area contributed by atoms with Crippen LogP contribution in [0.5, 0.6) is 0 Å². The van der Waals surface area contributed by atoms with Crippen molar-refractivity contribution in [2.45, 2.75) is 38.1 Å². The van der Waals surface area contributed by atoms with Crippen LogP contribution in [0, 0.1) is 0 Å². The lowest BCUT2D eigenvalue weighted by Gasteiger charge is -2.26. The minimum absolute atomic E-state index is 0.0955. The van der Waals surface area contributed by atoms with Crippen molar-refractivity contribution in [3.63, 3.8) is 0 Å². The first-order valence-electron chi connectivity index (χ1n) is 9.21. The number of amidine groups is 1. The van der Waals surface area contributed by atoms with Gasteiger partial charge in [0.25, 0.3) is 5.91 Å². The second kappa shape index (κ2) is 8.18. The number of morpholine rings is 1. The summed E-state index contributed by atoms with van der Waals surface area (Å²) < 4.78 is 5.34. The van der Waals surface area contributed by atoms with Gasteiger partial charge in [-0.3, -0.25) is 9.79 Å². The molecule has 0 bridgehead atoms. The second-order valence-corrected chi connectivity index (χ2v) is 7.74. The molecule has 3 fully saturated rings. The Morgan fingerprint density at radius 1 is 1.19 bits per heavy atom. The Balaban J connectivity index is 1.42. The number of hydrogen-bond donors (Lipinski definition) is 1. The number of hydrogen-bond acceptors (Lipinski definition) is 7. The van der Waals surface area contributed by atoms with Crippen LogP contribution >= 0.6 is 11.8 Å². The second-order valence-electron chi connectivity index (χ2n) is 6.71. The Morgan fingerprint density at radius 3 is 2.65 bits per heavy atom. The van der Waals surface area contributed by atoms with Crippen LogP contribution in [-0.4, -0.2) is 53.4 Å². The van der Waals surface area contributed by atoms with Crippen LogP contribution in [0.15, 0.2) is 22.3 Å². The van der Waals surface area contributed by atoms with E-state index < -0.39 is 0 Å².